The average molecular weight is 485 g/mol. The Hall–Kier alpha value is -3.76. The number of thioether (sulfide) groups is 1. The summed E-state index contributed by atoms with van der Waals surface area (Å²) in [6.07, 6.45) is 1.49. The van der Waals surface area contributed by atoms with E-state index >= 15 is 0 Å². The fourth-order valence-corrected chi connectivity index (χ4v) is 4.38. The van der Waals surface area contributed by atoms with Crippen molar-refractivity contribution in [1.82, 2.24) is 4.90 Å². The second-order valence-corrected chi connectivity index (χ2v) is 8.47. The van der Waals surface area contributed by atoms with Crippen molar-refractivity contribution in [3.05, 3.63) is 79.9 Å². The lowest BCUT2D eigenvalue weighted by Crippen LogP contribution is -2.27. The number of furan rings is 1. The number of benzene rings is 2. The average Bonchev–Trinajstić information content (AvgIpc) is 3.51. The molecule has 2 aliphatic heterocycles. The minimum absolute atomic E-state index is 0.0102. The summed E-state index contributed by atoms with van der Waals surface area (Å²) < 4.78 is 16.4. The molecule has 0 atom stereocenters. The highest BCUT2D eigenvalue weighted by Crippen LogP contribution is 2.39. The second kappa shape index (κ2) is 8.30. The van der Waals surface area contributed by atoms with Crippen LogP contribution in [0.1, 0.15) is 11.3 Å². The highest BCUT2D eigenvalue weighted by atomic mass is 35.5. The first-order chi connectivity index (χ1) is 15.9. The molecule has 0 saturated carbocycles. The SMILES string of the molecule is O=C1SC(=Cc2ccc(-c3ccc([N+](=O)[O-])cc3)o2)C(=O)N1Cc1cc2c(cc1Cl)OCO2. The number of nitro benzene ring substituents is 1. The van der Waals surface area contributed by atoms with Crippen molar-refractivity contribution in [1.29, 1.82) is 0 Å². The molecule has 2 amide bonds. The smallest absolute Gasteiger partial charge is 0.293 e. The third-order valence-corrected chi connectivity index (χ3v) is 6.27. The zero-order valence-corrected chi connectivity index (χ0v) is 18.2. The molecule has 1 fully saturated rings. The summed E-state index contributed by atoms with van der Waals surface area (Å²) >= 11 is 7.08. The van der Waals surface area contributed by atoms with E-state index in [-0.39, 0.29) is 23.9 Å². The summed E-state index contributed by atoms with van der Waals surface area (Å²) in [6, 6.07) is 12.5. The topological polar surface area (TPSA) is 112 Å². The van der Waals surface area contributed by atoms with Crippen molar-refractivity contribution in [2.75, 3.05) is 6.79 Å². The zero-order valence-electron chi connectivity index (χ0n) is 16.6. The Morgan fingerprint density at radius 2 is 1.82 bits per heavy atom. The Labute approximate surface area is 195 Å². The van der Waals surface area contributed by atoms with E-state index in [4.69, 9.17) is 25.5 Å². The minimum atomic E-state index is -0.482. The molecule has 166 valence electrons. The standard InChI is InChI=1S/C22H13ClN2O7S/c23-16-9-19-18(30-11-31-19)7-13(16)10-24-21(26)20(33-22(24)27)8-15-5-6-17(32-15)12-1-3-14(4-2-12)25(28)29/h1-9H,10-11H2. The highest BCUT2D eigenvalue weighted by molar-refractivity contribution is 8.18. The molecule has 2 aromatic carbocycles. The van der Waals surface area contributed by atoms with E-state index in [1.54, 1.807) is 36.4 Å². The molecule has 0 bridgehead atoms. The number of halogens is 1. The largest absolute Gasteiger partial charge is 0.457 e. The van der Waals surface area contributed by atoms with Gasteiger partial charge in [-0.15, -0.1) is 0 Å². The summed E-state index contributed by atoms with van der Waals surface area (Å²) in [5.41, 5.74) is 1.18. The number of non-ortho nitro benzene ring substituents is 1. The number of hydrogen-bond acceptors (Lipinski definition) is 8. The van der Waals surface area contributed by atoms with Gasteiger partial charge in [0.2, 0.25) is 6.79 Å². The molecule has 0 radical (unpaired) electrons. The first-order valence-corrected chi connectivity index (χ1v) is 10.8. The van der Waals surface area contributed by atoms with Gasteiger partial charge < -0.3 is 13.9 Å². The van der Waals surface area contributed by atoms with Crippen molar-refractivity contribution in [3.8, 4) is 22.8 Å². The summed E-state index contributed by atoms with van der Waals surface area (Å²) in [5.74, 6) is 1.40. The molecule has 3 aromatic rings. The highest BCUT2D eigenvalue weighted by Gasteiger charge is 2.36. The fraction of sp³-hybridized carbons (Fsp3) is 0.0909. The molecule has 33 heavy (non-hydrogen) atoms. The molecule has 11 heteroatoms. The number of nitrogens with zero attached hydrogens (tertiary/aromatic N) is 2. The van der Waals surface area contributed by atoms with Crippen LogP contribution in [0.15, 0.2) is 57.9 Å². The predicted molar refractivity (Wildman–Crippen MR) is 120 cm³/mol. The number of imide groups is 1. The number of carbonyl (C=O) groups excluding carboxylic acids is 2. The van der Waals surface area contributed by atoms with Gasteiger partial charge in [0.05, 0.1) is 16.4 Å². The van der Waals surface area contributed by atoms with Crippen LogP contribution in [0.4, 0.5) is 10.5 Å². The van der Waals surface area contributed by atoms with Gasteiger partial charge in [0.15, 0.2) is 11.5 Å². The van der Waals surface area contributed by atoms with E-state index in [2.05, 4.69) is 0 Å². The van der Waals surface area contributed by atoms with Crippen molar-refractivity contribution in [3.63, 3.8) is 0 Å². The maximum absolute atomic E-state index is 12.9. The lowest BCUT2D eigenvalue weighted by Gasteiger charge is -2.14. The van der Waals surface area contributed by atoms with Crippen LogP contribution in [0, 0.1) is 10.1 Å². The van der Waals surface area contributed by atoms with E-state index in [0.717, 1.165) is 16.7 Å². The van der Waals surface area contributed by atoms with Gasteiger partial charge in [0.1, 0.15) is 11.5 Å². The van der Waals surface area contributed by atoms with Gasteiger partial charge in [-0.05, 0) is 47.7 Å². The molecule has 9 nitrogen and oxygen atoms in total. The lowest BCUT2D eigenvalue weighted by molar-refractivity contribution is -0.384. The van der Waals surface area contributed by atoms with Crippen LogP contribution in [-0.2, 0) is 11.3 Å². The molecule has 0 unspecified atom stereocenters. The Kier molecular flexibility index (Phi) is 5.31. The lowest BCUT2D eigenvalue weighted by atomic mass is 10.1. The number of rotatable bonds is 5. The van der Waals surface area contributed by atoms with E-state index < -0.39 is 16.1 Å². The van der Waals surface area contributed by atoms with Crippen LogP contribution < -0.4 is 9.47 Å². The van der Waals surface area contributed by atoms with Crippen LogP contribution >= 0.6 is 23.4 Å². The van der Waals surface area contributed by atoms with Gasteiger partial charge in [-0.2, -0.15) is 0 Å². The molecule has 3 heterocycles. The molecule has 2 aliphatic rings. The van der Waals surface area contributed by atoms with E-state index in [0.29, 0.717) is 39.2 Å². The van der Waals surface area contributed by atoms with Gasteiger partial charge in [-0.3, -0.25) is 24.6 Å². The van der Waals surface area contributed by atoms with Crippen molar-refractivity contribution < 1.29 is 28.4 Å². The molecule has 0 aliphatic carbocycles. The molecule has 0 N–H and O–H groups in total. The summed E-state index contributed by atoms with van der Waals surface area (Å²) in [4.78, 5) is 37.0. The minimum Gasteiger partial charge on any atom is -0.457 e. The maximum atomic E-state index is 12.9. The summed E-state index contributed by atoms with van der Waals surface area (Å²) in [5, 5.41) is 10.7. The Morgan fingerprint density at radius 3 is 2.55 bits per heavy atom. The number of fused-ring (bicyclic) bond motifs is 1. The fourth-order valence-electron chi connectivity index (χ4n) is 3.35. The number of nitro groups is 1. The molecular weight excluding hydrogens is 472 g/mol. The molecule has 0 spiro atoms. The van der Waals surface area contributed by atoms with Crippen molar-refractivity contribution in [2.24, 2.45) is 0 Å². The molecule has 5 rings (SSSR count). The first kappa shape index (κ1) is 21.1. The number of ether oxygens (including phenoxy) is 2. The summed E-state index contributed by atoms with van der Waals surface area (Å²) in [6.45, 7) is 0.0775. The third-order valence-electron chi connectivity index (χ3n) is 5.01. The predicted octanol–water partition coefficient (Wildman–Crippen LogP) is 5.47. The number of carbonyl (C=O) groups is 2. The van der Waals surface area contributed by atoms with E-state index in [1.807, 2.05) is 0 Å². The number of hydrogen-bond donors (Lipinski definition) is 0. The van der Waals surface area contributed by atoms with Gasteiger partial charge in [0, 0.05) is 34.9 Å². The van der Waals surface area contributed by atoms with Crippen LogP contribution in [0.25, 0.3) is 17.4 Å². The summed E-state index contributed by atoms with van der Waals surface area (Å²) in [7, 11) is 0. The van der Waals surface area contributed by atoms with Crippen LogP contribution in [0.2, 0.25) is 5.02 Å². The molecule has 1 saturated heterocycles. The normalized spacial score (nSPS) is 16.2. The van der Waals surface area contributed by atoms with Crippen LogP contribution in [0.5, 0.6) is 11.5 Å². The third kappa shape index (κ3) is 4.06. The monoisotopic (exact) mass is 484 g/mol. The van der Waals surface area contributed by atoms with E-state index in [9.17, 15) is 19.7 Å². The van der Waals surface area contributed by atoms with Gasteiger partial charge >= 0.3 is 0 Å². The molecular formula is C22H13ClN2O7S. The van der Waals surface area contributed by atoms with Gasteiger partial charge in [-0.25, -0.2) is 0 Å². The Balaban J connectivity index is 1.34. The zero-order chi connectivity index (χ0) is 23.1. The quantitative estimate of drug-likeness (QED) is 0.266. The van der Waals surface area contributed by atoms with Crippen molar-refractivity contribution in [2.45, 2.75) is 6.54 Å². The number of amides is 2. The van der Waals surface area contributed by atoms with Crippen LogP contribution in [-0.4, -0.2) is 27.8 Å². The second-order valence-electron chi connectivity index (χ2n) is 7.07. The molecule has 1 aromatic heterocycles. The maximum Gasteiger partial charge on any atom is 0.293 e. The van der Waals surface area contributed by atoms with Gasteiger partial charge in [-0.1, -0.05) is 11.6 Å². The first-order valence-electron chi connectivity index (χ1n) is 9.57. The Morgan fingerprint density at radius 1 is 1.09 bits per heavy atom. The van der Waals surface area contributed by atoms with Gasteiger partial charge in [0.25, 0.3) is 16.8 Å². The van der Waals surface area contributed by atoms with Crippen LogP contribution in [0.3, 0.4) is 0 Å². The van der Waals surface area contributed by atoms with E-state index in [1.165, 1.54) is 18.2 Å². The van der Waals surface area contributed by atoms with Crippen molar-refractivity contribution >= 4 is 46.3 Å². The Bertz CT molecular complexity index is 1330.